The van der Waals surface area contributed by atoms with Crippen molar-refractivity contribution in [3.05, 3.63) is 58.7 Å². The molecule has 5 N–H and O–H groups in total. The molecule has 0 saturated heterocycles. The number of aromatic nitrogens is 2. The van der Waals surface area contributed by atoms with Gasteiger partial charge in [-0.2, -0.15) is 5.10 Å². The van der Waals surface area contributed by atoms with E-state index in [2.05, 4.69) is 10.4 Å². The Bertz CT molecular complexity index is 1070. The van der Waals surface area contributed by atoms with E-state index in [0.29, 0.717) is 35.5 Å². The normalized spacial score (nSPS) is 12.3. The fraction of sp³-hybridized carbons (Fsp3) is 0.167. The Morgan fingerprint density at radius 2 is 2.04 bits per heavy atom. The number of carbonyl (C=O) groups is 2. The van der Waals surface area contributed by atoms with Gasteiger partial charge >= 0.3 is 6.03 Å². The molecule has 138 valence electrons. The number of rotatable bonds is 4. The topological polar surface area (TPSA) is 116 Å². The predicted octanol–water partition coefficient (Wildman–Crippen LogP) is 2.49. The highest BCUT2D eigenvalue weighted by molar-refractivity contribution is 7.20. The van der Waals surface area contributed by atoms with Crippen LogP contribution in [0, 0.1) is 5.82 Å². The summed E-state index contributed by atoms with van der Waals surface area (Å²) in [6.07, 6.45) is 3.03. The zero-order valence-electron chi connectivity index (χ0n) is 14.2. The lowest BCUT2D eigenvalue weighted by atomic mass is 9.94. The number of nitrogens with two attached hydrogens (primary N) is 2. The summed E-state index contributed by atoms with van der Waals surface area (Å²) in [7, 11) is 0. The Morgan fingerprint density at radius 3 is 2.74 bits per heavy atom. The fourth-order valence-electron chi connectivity index (χ4n) is 3.34. The van der Waals surface area contributed by atoms with Gasteiger partial charge in [-0.25, -0.2) is 9.18 Å². The maximum atomic E-state index is 13.9. The second-order valence-electron chi connectivity index (χ2n) is 6.25. The van der Waals surface area contributed by atoms with Gasteiger partial charge < -0.3 is 11.5 Å². The summed E-state index contributed by atoms with van der Waals surface area (Å²) >= 11 is 1.24. The van der Waals surface area contributed by atoms with Gasteiger partial charge in [0.25, 0.3) is 5.91 Å². The first-order valence-corrected chi connectivity index (χ1v) is 9.07. The second kappa shape index (κ2) is 6.51. The summed E-state index contributed by atoms with van der Waals surface area (Å²) in [5.74, 6) is -0.898. The molecule has 0 spiro atoms. The lowest BCUT2D eigenvalue weighted by molar-refractivity contribution is 0.100. The van der Waals surface area contributed by atoms with Gasteiger partial charge in [-0.05, 0) is 24.5 Å². The Labute approximate surface area is 157 Å². The molecule has 2 aromatic heterocycles. The number of nitrogens with one attached hydrogen (secondary N) is 1. The molecule has 0 unspecified atom stereocenters. The Kier molecular flexibility index (Phi) is 4.15. The summed E-state index contributed by atoms with van der Waals surface area (Å²) in [4.78, 5) is 24.0. The number of primary amides is 2. The molecule has 1 aliphatic carbocycles. The van der Waals surface area contributed by atoms with Crippen molar-refractivity contribution in [3.8, 4) is 10.4 Å². The van der Waals surface area contributed by atoms with Gasteiger partial charge in [0.2, 0.25) is 0 Å². The van der Waals surface area contributed by atoms with E-state index in [1.165, 1.54) is 17.4 Å². The van der Waals surface area contributed by atoms with Gasteiger partial charge in [-0.1, -0.05) is 18.2 Å². The van der Waals surface area contributed by atoms with Crippen molar-refractivity contribution < 1.29 is 14.0 Å². The molecule has 0 aliphatic heterocycles. The number of benzene rings is 1. The number of urea groups is 1. The average Bonchev–Trinajstić information content (AvgIpc) is 3.16. The number of amides is 3. The van der Waals surface area contributed by atoms with Crippen LogP contribution in [0.5, 0.6) is 0 Å². The second-order valence-corrected chi connectivity index (χ2v) is 7.27. The van der Waals surface area contributed by atoms with Gasteiger partial charge in [-0.3, -0.25) is 14.8 Å². The zero-order valence-corrected chi connectivity index (χ0v) is 15.0. The van der Waals surface area contributed by atoms with Gasteiger partial charge in [-0.15, -0.1) is 11.3 Å². The van der Waals surface area contributed by atoms with E-state index in [-0.39, 0.29) is 5.82 Å². The molecule has 4 rings (SSSR count). The molecule has 0 fully saturated rings. The molecule has 1 aliphatic rings. The molecule has 2 heterocycles. The largest absolute Gasteiger partial charge is 0.365 e. The third-order valence-corrected chi connectivity index (χ3v) is 5.66. The molecule has 3 aromatic rings. The molecule has 0 radical (unpaired) electrons. The number of carbonyl (C=O) groups excluding carboxylic acids is 2. The van der Waals surface area contributed by atoms with Crippen LogP contribution in [0.25, 0.3) is 10.4 Å². The minimum absolute atomic E-state index is 0.285. The minimum Gasteiger partial charge on any atom is -0.365 e. The van der Waals surface area contributed by atoms with Crippen molar-refractivity contribution in [3.63, 3.8) is 0 Å². The summed E-state index contributed by atoms with van der Waals surface area (Å²) in [6, 6.07) is 5.79. The van der Waals surface area contributed by atoms with E-state index >= 15 is 0 Å². The molecule has 27 heavy (non-hydrogen) atoms. The SMILES string of the molecule is NC(=O)Nc1sc2c(c1C(N)=O)CCc1nn(Cc3ccccc3F)cc1-2. The lowest BCUT2D eigenvalue weighted by Crippen LogP contribution is -2.22. The van der Waals surface area contributed by atoms with E-state index in [0.717, 1.165) is 21.7 Å². The number of nitrogens with zero attached hydrogens (tertiary/aromatic N) is 2. The van der Waals surface area contributed by atoms with Crippen molar-refractivity contribution in [2.24, 2.45) is 11.5 Å². The highest BCUT2D eigenvalue weighted by atomic mass is 32.1. The number of anilines is 1. The average molecular weight is 385 g/mol. The number of fused-ring (bicyclic) bond motifs is 3. The molecule has 0 atom stereocenters. The van der Waals surface area contributed by atoms with Crippen molar-refractivity contribution in [1.29, 1.82) is 0 Å². The number of thiophene rings is 1. The maximum absolute atomic E-state index is 13.9. The van der Waals surface area contributed by atoms with Crippen LogP contribution >= 0.6 is 11.3 Å². The summed E-state index contributed by atoms with van der Waals surface area (Å²) < 4.78 is 15.6. The van der Waals surface area contributed by atoms with E-state index < -0.39 is 11.9 Å². The van der Waals surface area contributed by atoms with Crippen molar-refractivity contribution in [2.45, 2.75) is 19.4 Å². The van der Waals surface area contributed by atoms with Crippen LogP contribution in [0.4, 0.5) is 14.2 Å². The van der Waals surface area contributed by atoms with Crippen LogP contribution in [0.15, 0.2) is 30.5 Å². The van der Waals surface area contributed by atoms with Crippen LogP contribution in [0.1, 0.15) is 27.2 Å². The van der Waals surface area contributed by atoms with Crippen molar-refractivity contribution in [2.75, 3.05) is 5.32 Å². The fourth-order valence-corrected chi connectivity index (χ4v) is 4.63. The number of halogens is 1. The van der Waals surface area contributed by atoms with Crippen LogP contribution < -0.4 is 16.8 Å². The molecular formula is C18H16FN5O2S. The standard InChI is InChI=1S/C18H16FN5O2S/c19-12-4-2-1-3-9(12)7-24-8-11-13(23-24)6-5-10-14(16(20)25)17(22-18(21)26)27-15(10)11/h1-4,8H,5-7H2,(H2,20,25)(H3,21,22,26). The first kappa shape index (κ1) is 17.2. The van der Waals surface area contributed by atoms with Crippen molar-refractivity contribution in [1.82, 2.24) is 9.78 Å². The van der Waals surface area contributed by atoms with Crippen LogP contribution in [-0.2, 0) is 19.4 Å². The van der Waals surface area contributed by atoms with E-state index in [1.807, 2.05) is 6.20 Å². The van der Waals surface area contributed by atoms with Crippen LogP contribution in [0.2, 0.25) is 0 Å². The van der Waals surface area contributed by atoms with Crippen LogP contribution in [0.3, 0.4) is 0 Å². The number of hydrogen-bond acceptors (Lipinski definition) is 4. The highest BCUT2D eigenvalue weighted by Gasteiger charge is 2.29. The minimum atomic E-state index is -0.758. The van der Waals surface area contributed by atoms with E-state index in [1.54, 1.807) is 22.9 Å². The molecule has 3 amide bonds. The smallest absolute Gasteiger partial charge is 0.317 e. The van der Waals surface area contributed by atoms with Gasteiger partial charge in [0, 0.05) is 22.2 Å². The molecular weight excluding hydrogens is 369 g/mol. The Morgan fingerprint density at radius 1 is 1.26 bits per heavy atom. The first-order chi connectivity index (χ1) is 12.9. The van der Waals surface area contributed by atoms with Gasteiger partial charge in [0.15, 0.2) is 0 Å². The van der Waals surface area contributed by atoms with Crippen LogP contribution in [-0.4, -0.2) is 21.7 Å². The monoisotopic (exact) mass is 385 g/mol. The number of hydrogen-bond donors (Lipinski definition) is 3. The van der Waals surface area contributed by atoms with E-state index in [4.69, 9.17) is 11.5 Å². The highest BCUT2D eigenvalue weighted by Crippen LogP contribution is 2.44. The molecule has 0 bridgehead atoms. The first-order valence-electron chi connectivity index (χ1n) is 8.26. The van der Waals surface area contributed by atoms with E-state index in [9.17, 15) is 14.0 Å². The Balaban J connectivity index is 1.75. The molecule has 7 nitrogen and oxygen atoms in total. The van der Waals surface area contributed by atoms with Gasteiger partial charge in [0.1, 0.15) is 10.8 Å². The zero-order chi connectivity index (χ0) is 19.1. The summed E-state index contributed by atoms with van der Waals surface area (Å²) in [5, 5.41) is 7.38. The third kappa shape index (κ3) is 3.06. The molecule has 0 saturated carbocycles. The van der Waals surface area contributed by atoms with Gasteiger partial charge in [0.05, 0.1) is 17.8 Å². The lowest BCUT2D eigenvalue weighted by Gasteiger charge is -2.11. The maximum Gasteiger partial charge on any atom is 0.317 e. The number of aryl methyl sites for hydroxylation is 1. The molecule has 9 heteroatoms. The Hall–Kier alpha value is -3.20. The van der Waals surface area contributed by atoms with Crippen molar-refractivity contribution >= 4 is 28.3 Å². The predicted molar refractivity (Wildman–Crippen MR) is 100 cm³/mol. The third-order valence-electron chi connectivity index (χ3n) is 4.47. The molecule has 1 aromatic carbocycles. The quantitative estimate of drug-likeness (QED) is 0.640. The summed E-state index contributed by atoms with van der Waals surface area (Å²) in [6.45, 7) is 0.301. The summed E-state index contributed by atoms with van der Waals surface area (Å²) in [5.41, 5.74) is 14.1.